The highest BCUT2D eigenvalue weighted by molar-refractivity contribution is 9.09. The molecule has 0 spiro atoms. The minimum atomic E-state index is -4.30. The Morgan fingerprint density at radius 3 is 2.47 bits per heavy atom. The highest BCUT2D eigenvalue weighted by atomic mass is 79.9. The molecular formula is C11H14BrF3N2. The topological polar surface area (TPSA) is 17.8 Å². The predicted molar refractivity (Wildman–Crippen MR) is 61.9 cm³/mol. The van der Waals surface area contributed by atoms with E-state index in [1.807, 2.05) is 0 Å². The highest BCUT2D eigenvalue weighted by Crippen LogP contribution is 2.41. The Labute approximate surface area is 106 Å². The zero-order valence-corrected chi connectivity index (χ0v) is 10.9. The van der Waals surface area contributed by atoms with Gasteiger partial charge in [0.1, 0.15) is 0 Å². The number of alkyl halides is 4. The normalized spacial score (nSPS) is 19.8. The zero-order valence-electron chi connectivity index (χ0n) is 9.30. The Hall–Kier alpha value is -0.520. The molecular weight excluding hydrogens is 297 g/mol. The quantitative estimate of drug-likeness (QED) is 0.775. The Bertz CT molecular complexity index is 380. The fourth-order valence-electron chi connectivity index (χ4n) is 2.40. The van der Waals surface area contributed by atoms with Crippen LogP contribution >= 0.6 is 15.9 Å². The number of halogens is 4. The summed E-state index contributed by atoms with van der Waals surface area (Å²) in [7, 11) is 0. The minimum Gasteiger partial charge on any atom is -0.272 e. The molecule has 1 saturated carbocycles. The molecule has 0 bridgehead atoms. The lowest BCUT2D eigenvalue weighted by atomic mass is 9.89. The number of hydrogen-bond donors (Lipinski definition) is 0. The molecule has 0 aromatic carbocycles. The van der Waals surface area contributed by atoms with E-state index in [0.29, 0.717) is 6.54 Å². The standard InChI is InChI=1S/C11H14BrF3N2/c12-7-10(3-1-2-4-10)8-17-6-9(5-16-17)11(13,14)15/h5-6H,1-4,7-8H2. The van der Waals surface area contributed by atoms with Gasteiger partial charge in [0.25, 0.3) is 0 Å². The minimum absolute atomic E-state index is 0.0783. The van der Waals surface area contributed by atoms with Crippen molar-refractivity contribution in [2.24, 2.45) is 5.41 Å². The van der Waals surface area contributed by atoms with Crippen LogP contribution in [-0.4, -0.2) is 15.1 Å². The number of nitrogens with zero attached hydrogens (tertiary/aromatic N) is 2. The van der Waals surface area contributed by atoms with Crippen LogP contribution in [-0.2, 0) is 12.7 Å². The Kier molecular flexibility index (Phi) is 3.52. The molecule has 1 aliphatic rings. The molecule has 6 heteroatoms. The average Bonchev–Trinajstić information content (AvgIpc) is 2.87. The molecule has 1 fully saturated rings. The van der Waals surface area contributed by atoms with E-state index in [4.69, 9.17) is 0 Å². The van der Waals surface area contributed by atoms with E-state index in [1.54, 1.807) is 0 Å². The third-order valence-corrected chi connectivity index (χ3v) is 4.60. The first-order valence-corrected chi connectivity index (χ1v) is 6.73. The summed E-state index contributed by atoms with van der Waals surface area (Å²) >= 11 is 3.47. The van der Waals surface area contributed by atoms with Crippen LogP contribution in [0.5, 0.6) is 0 Å². The molecule has 17 heavy (non-hydrogen) atoms. The molecule has 1 aromatic heterocycles. The lowest BCUT2D eigenvalue weighted by molar-refractivity contribution is -0.137. The van der Waals surface area contributed by atoms with Crippen molar-refractivity contribution in [2.45, 2.75) is 38.4 Å². The van der Waals surface area contributed by atoms with Gasteiger partial charge in [0.2, 0.25) is 0 Å². The van der Waals surface area contributed by atoms with Crippen LogP contribution in [0.1, 0.15) is 31.2 Å². The van der Waals surface area contributed by atoms with Crippen molar-refractivity contribution in [2.75, 3.05) is 5.33 Å². The van der Waals surface area contributed by atoms with Crippen LogP contribution < -0.4 is 0 Å². The molecule has 0 atom stereocenters. The van der Waals surface area contributed by atoms with Crippen molar-refractivity contribution in [3.05, 3.63) is 18.0 Å². The van der Waals surface area contributed by atoms with Gasteiger partial charge in [-0.15, -0.1) is 0 Å². The molecule has 1 aliphatic carbocycles. The van der Waals surface area contributed by atoms with E-state index in [1.165, 1.54) is 4.68 Å². The Balaban J connectivity index is 2.11. The lowest BCUT2D eigenvalue weighted by Crippen LogP contribution is -2.25. The second kappa shape index (κ2) is 4.63. The number of hydrogen-bond acceptors (Lipinski definition) is 1. The summed E-state index contributed by atoms with van der Waals surface area (Å²) in [5.74, 6) is 0. The van der Waals surface area contributed by atoms with Crippen molar-refractivity contribution < 1.29 is 13.2 Å². The summed E-state index contributed by atoms with van der Waals surface area (Å²) < 4.78 is 38.7. The van der Waals surface area contributed by atoms with Gasteiger partial charge in [0.15, 0.2) is 0 Å². The summed E-state index contributed by atoms with van der Waals surface area (Å²) in [6, 6.07) is 0. The van der Waals surface area contributed by atoms with Crippen LogP contribution in [0.2, 0.25) is 0 Å². The Morgan fingerprint density at radius 2 is 2.00 bits per heavy atom. The SMILES string of the molecule is FC(F)(F)c1cnn(CC2(CBr)CCCC2)c1. The monoisotopic (exact) mass is 310 g/mol. The van der Waals surface area contributed by atoms with Gasteiger partial charge in [-0.3, -0.25) is 4.68 Å². The van der Waals surface area contributed by atoms with Gasteiger partial charge in [-0.1, -0.05) is 28.8 Å². The molecule has 1 heterocycles. The van der Waals surface area contributed by atoms with Gasteiger partial charge in [-0.25, -0.2) is 0 Å². The summed E-state index contributed by atoms with van der Waals surface area (Å²) in [6.45, 7) is 0.564. The molecule has 0 saturated heterocycles. The van der Waals surface area contributed by atoms with E-state index in [-0.39, 0.29) is 5.41 Å². The van der Waals surface area contributed by atoms with Crippen LogP contribution in [0, 0.1) is 5.41 Å². The number of aromatic nitrogens is 2. The average molecular weight is 311 g/mol. The fourth-order valence-corrected chi connectivity index (χ4v) is 3.14. The first kappa shape index (κ1) is 12.9. The molecule has 2 nitrogen and oxygen atoms in total. The third-order valence-electron chi connectivity index (χ3n) is 3.41. The van der Waals surface area contributed by atoms with Gasteiger partial charge >= 0.3 is 6.18 Å². The Morgan fingerprint density at radius 1 is 1.35 bits per heavy atom. The van der Waals surface area contributed by atoms with Crippen molar-refractivity contribution in [1.82, 2.24) is 9.78 Å². The molecule has 0 N–H and O–H groups in total. The second-order valence-electron chi connectivity index (χ2n) is 4.77. The van der Waals surface area contributed by atoms with Crippen molar-refractivity contribution >= 4 is 15.9 Å². The summed E-state index contributed by atoms with van der Waals surface area (Å²) in [6.07, 6.45) is 2.12. The van der Waals surface area contributed by atoms with E-state index < -0.39 is 11.7 Å². The van der Waals surface area contributed by atoms with Crippen LogP contribution in [0.4, 0.5) is 13.2 Å². The summed E-state index contributed by atoms with van der Waals surface area (Å²) in [5.41, 5.74) is -0.588. The molecule has 1 aromatic rings. The van der Waals surface area contributed by atoms with Gasteiger partial charge < -0.3 is 0 Å². The third kappa shape index (κ3) is 2.84. The maximum absolute atomic E-state index is 12.4. The van der Waals surface area contributed by atoms with Gasteiger partial charge in [-0.2, -0.15) is 18.3 Å². The first-order valence-electron chi connectivity index (χ1n) is 5.61. The second-order valence-corrected chi connectivity index (χ2v) is 5.33. The smallest absolute Gasteiger partial charge is 0.272 e. The van der Waals surface area contributed by atoms with Crippen molar-refractivity contribution in [3.8, 4) is 0 Å². The van der Waals surface area contributed by atoms with Gasteiger partial charge in [0.05, 0.1) is 11.8 Å². The van der Waals surface area contributed by atoms with Crippen LogP contribution in [0.3, 0.4) is 0 Å². The van der Waals surface area contributed by atoms with Crippen LogP contribution in [0.15, 0.2) is 12.4 Å². The molecule has 0 amide bonds. The fraction of sp³-hybridized carbons (Fsp3) is 0.727. The lowest BCUT2D eigenvalue weighted by Gasteiger charge is -2.26. The summed E-state index contributed by atoms with van der Waals surface area (Å²) in [5, 5.41) is 4.64. The molecule has 0 radical (unpaired) electrons. The largest absolute Gasteiger partial charge is 0.419 e. The van der Waals surface area contributed by atoms with E-state index in [0.717, 1.165) is 43.4 Å². The van der Waals surface area contributed by atoms with Crippen LogP contribution in [0.25, 0.3) is 0 Å². The van der Waals surface area contributed by atoms with Gasteiger partial charge in [0, 0.05) is 18.1 Å². The van der Waals surface area contributed by atoms with E-state index >= 15 is 0 Å². The maximum Gasteiger partial charge on any atom is 0.419 e. The molecule has 96 valence electrons. The highest BCUT2D eigenvalue weighted by Gasteiger charge is 2.35. The van der Waals surface area contributed by atoms with E-state index in [2.05, 4.69) is 21.0 Å². The maximum atomic E-state index is 12.4. The predicted octanol–water partition coefficient (Wildman–Crippen LogP) is 3.86. The van der Waals surface area contributed by atoms with Gasteiger partial charge in [-0.05, 0) is 18.3 Å². The molecule has 0 unspecified atom stereocenters. The van der Waals surface area contributed by atoms with Crippen molar-refractivity contribution in [3.63, 3.8) is 0 Å². The first-order chi connectivity index (χ1) is 7.95. The van der Waals surface area contributed by atoms with E-state index in [9.17, 15) is 13.2 Å². The molecule has 2 rings (SSSR count). The summed E-state index contributed by atoms with van der Waals surface area (Å²) in [4.78, 5) is 0. The van der Waals surface area contributed by atoms with Crippen molar-refractivity contribution in [1.29, 1.82) is 0 Å². The number of rotatable bonds is 3. The zero-order chi connectivity index (χ0) is 12.5. The molecule has 0 aliphatic heterocycles.